The molecule has 0 aliphatic rings. The van der Waals surface area contributed by atoms with Crippen molar-refractivity contribution >= 4 is 5.91 Å². The summed E-state index contributed by atoms with van der Waals surface area (Å²) >= 11 is 0. The van der Waals surface area contributed by atoms with E-state index in [1.54, 1.807) is 0 Å². The highest BCUT2D eigenvalue weighted by Crippen LogP contribution is 2.41. The van der Waals surface area contributed by atoms with Gasteiger partial charge >= 0.3 is 6.18 Å². The fourth-order valence-corrected chi connectivity index (χ4v) is 2.63. The maximum Gasteiger partial charge on any atom is 0.425 e. The Hall–Kier alpha value is -2.49. The lowest BCUT2D eigenvalue weighted by atomic mass is 9.96. The molecule has 10 heteroatoms. The average molecular weight is 391 g/mol. The number of rotatable bonds is 5. The number of alkyl halides is 3. The average Bonchev–Trinajstić information content (AvgIpc) is 3.01. The third-order valence-corrected chi connectivity index (χ3v) is 4.47. The molecule has 0 saturated carbocycles. The molecule has 0 fully saturated rings. The van der Waals surface area contributed by atoms with E-state index >= 15 is 0 Å². The maximum absolute atomic E-state index is 13.5. The van der Waals surface area contributed by atoms with Crippen LogP contribution in [0.4, 0.5) is 22.0 Å². The predicted molar refractivity (Wildman–Crippen MR) is 85.3 cm³/mol. The van der Waals surface area contributed by atoms with Crippen molar-refractivity contribution in [1.82, 2.24) is 14.5 Å². The summed E-state index contributed by atoms with van der Waals surface area (Å²) in [5.41, 5.74) is -3.30. The Bertz CT molecular complexity index is 836. The Labute approximate surface area is 152 Å². The molecule has 1 N–H and O–H groups in total. The van der Waals surface area contributed by atoms with E-state index in [-0.39, 0.29) is 5.56 Å². The lowest BCUT2D eigenvalue weighted by Gasteiger charge is -2.32. The molecule has 0 aliphatic carbocycles. The van der Waals surface area contributed by atoms with E-state index in [1.165, 1.54) is 33.3 Å². The molecular weight excluding hydrogens is 373 g/mol. The van der Waals surface area contributed by atoms with Crippen LogP contribution in [0.25, 0.3) is 0 Å². The second-order valence-corrected chi connectivity index (χ2v) is 6.25. The Morgan fingerprint density at radius 1 is 1.30 bits per heavy atom. The molecule has 0 saturated heterocycles. The molecule has 2 rings (SSSR count). The maximum atomic E-state index is 13.5. The fraction of sp³-hybridized carbons (Fsp3) is 0.412. The van der Waals surface area contributed by atoms with Crippen LogP contribution in [0.2, 0.25) is 0 Å². The lowest BCUT2D eigenvalue weighted by molar-refractivity contribution is -0.272. The Morgan fingerprint density at radius 2 is 1.93 bits per heavy atom. The lowest BCUT2D eigenvalue weighted by Crippen LogP contribution is -2.48. The van der Waals surface area contributed by atoms with Gasteiger partial charge < -0.3 is 14.6 Å². The van der Waals surface area contributed by atoms with Crippen LogP contribution in [0.3, 0.4) is 0 Å². The highest BCUT2D eigenvalue weighted by atomic mass is 19.4. The van der Waals surface area contributed by atoms with Crippen molar-refractivity contribution in [2.24, 2.45) is 7.05 Å². The number of carbonyl (C=O) groups excluding carboxylic acids is 1. The van der Waals surface area contributed by atoms with Gasteiger partial charge in [-0.15, -0.1) is 0 Å². The quantitative estimate of drug-likeness (QED) is 0.797. The van der Waals surface area contributed by atoms with Crippen LogP contribution in [0.15, 0.2) is 30.6 Å². The van der Waals surface area contributed by atoms with Crippen molar-refractivity contribution in [1.29, 1.82) is 0 Å². The van der Waals surface area contributed by atoms with Gasteiger partial charge in [-0.05, 0) is 24.6 Å². The summed E-state index contributed by atoms with van der Waals surface area (Å²) in [7, 11) is 2.47. The van der Waals surface area contributed by atoms with Crippen LogP contribution < -0.4 is 0 Å². The van der Waals surface area contributed by atoms with E-state index in [0.717, 1.165) is 27.8 Å². The normalized spacial score (nSPS) is 15.3. The number of benzene rings is 1. The van der Waals surface area contributed by atoms with Gasteiger partial charge in [0.15, 0.2) is 17.5 Å². The Balaban J connectivity index is 2.29. The smallest absolute Gasteiger partial charge is 0.374 e. The number of carbonyl (C=O) groups is 1. The first kappa shape index (κ1) is 20.8. The van der Waals surface area contributed by atoms with Crippen LogP contribution in [0.1, 0.15) is 30.8 Å². The van der Waals surface area contributed by atoms with Gasteiger partial charge in [0.2, 0.25) is 11.5 Å². The van der Waals surface area contributed by atoms with Crippen LogP contribution in [-0.4, -0.2) is 38.7 Å². The molecule has 2 unspecified atom stereocenters. The number of aryl methyl sites for hydroxylation is 1. The first-order valence-electron chi connectivity index (χ1n) is 7.86. The molecule has 1 heterocycles. The molecule has 0 aliphatic heterocycles. The number of halogens is 5. The SMILES string of the molecule is CC(c1ccc(F)c(F)c1)N(C)C(=O)CC(O)(c1nccn1C)C(F)(F)F. The number of nitrogens with zero attached hydrogens (tertiary/aromatic N) is 3. The van der Waals surface area contributed by atoms with Crippen molar-refractivity contribution in [3.05, 3.63) is 53.6 Å². The van der Waals surface area contributed by atoms with Gasteiger partial charge in [-0.25, -0.2) is 13.8 Å². The summed E-state index contributed by atoms with van der Waals surface area (Å²) in [5, 5.41) is 10.3. The van der Waals surface area contributed by atoms with E-state index in [9.17, 15) is 31.9 Å². The molecule has 1 aromatic heterocycles. The number of hydrogen-bond acceptors (Lipinski definition) is 3. The van der Waals surface area contributed by atoms with E-state index in [1.807, 2.05) is 0 Å². The summed E-state index contributed by atoms with van der Waals surface area (Å²) < 4.78 is 68.0. The zero-order valence-corrected chi connectivity index (χ0v) is 14.8. The largest absolute Gasteiger partial charge is 0.425 e. The minimum absolute atomic E-state index is 0.192. The minimum Gasteiger partial charge on any atom is -0.374 e. The molecule has 148 valence electrons. The third-order valence-electron chi connectivity index (χ3n) is 4.47. The predicted octanol–water partition coefficient (Wildman–Crippen LogP) is 3.06. The molecule has 2 atom stereocenters. The Kier molecular flexibility index (Phi) is 5.60. The number of aliphatic hydroxyl groups is 1. The van der Waals surface area contributed by atoms with Crippen LogP contribution in [-0.2, 0) is 17.4 Å². The minimum atomic E-state index is -5.16. The van der Waals surface area contributed by atoms with Crippen molar-refractivity contribution in [3.63, 3.8) is 0 Å². The van der Waals surface area contributed by atoms with Gasteiger partial charge in [0.25, 0.3) is 0 Å². The van der Waals surface area contributed by atoms with Crippen LogP contribution >= 0.6 is 0 Å². The second kappa shape index (κ2) is 7.26. The van der Waals surface area contributed by atoms with Crippen LogP contribution in [0.5, 0.6) is 0 Å². The number of amides is 1. The molecular formula is C17H18F5N3O2. The highest BCUT2D eigenvalue weighted by Gasteiger charge is 2.59. The number of hydrogen-bond donors (Lipinski definition) is 1. The molecule has 0 spiro atoms. The van der Waals surface area contributed by atoms with E-state index in [2.05, 4.69) is 4.98 Å². The summed E-state index contributed by atoms with van der Waals surface area (Å²) in [6, 6.07) is 2.09. The van der Waals surface area contributed by atoms with Gasteiger partial charge in [-0.2, -0.15) is 13.2 Å². The molecule has 0 radical (unpaired) electrons. The van der Waals surface area contributed by atoms with Gasteiger partial charge in [-0.3, -0.25) is 4.79 Å². The number of imidazole rings is 1. The van der Waals surface area contributed by atoms with Gasteiger partial charge in [-0.1, -0.05) is 6.07 Å². The molecule has 0 bridgehead atoms. The molecule has 2 aromatic rings. The third kappa shape index (κ3) is 3.95. The summed E-state index contributed by atoms with van der Waals surface area (Å²) in [4.78, 5) is 16.9. The molecule has 1 amide bonds. The van der Waals surface area contributed by atoms with Crippen molar-refractivity contribution < 1.29 is 31.9 Å². The second-order valence-electron chi connectivity index (χ2n) is 6.25. The summed E-state index contributed by atoms with van der Waals surface area (Å²) in [6.45, 7) is 1.44. The molecule has 5 nitrogen and oxygen atoms in total. The van der Waals surface area contributed by atoms with Gasteiger partial charge in [0, 0.05) is 26.5 Å². The first-order chi connectivity index (χ1) is 12.4. The highest BCUT2D eigenvalue weighted by molar-refractivity contribution is 5.77. The van der Waals surface area contributed by atoms with E-state index in [0.29, 0.717) is 0 Å². The summed E-state index contributed by atoms with van der Waals surface area (Å²) in [6.07, 6.45) is -4.19. The van der Waals surface area contributed by atoms with Gasteiger partial charge in [0.1, 0.15) is 0 Å². The molecule has 1 aromatic carbocycles. The zero-order chi connectivity index (χ0) is 20.6. The molecule has 27 heavy (non-hydrogen) atoms. The summed E-state index contributed by atoms with van der Waals surface area (Å²) in [5.74, 6) is -3.99. The van der Waals surface area contributed by atoms with Crippen molar-refractivity contribution in [2.75, 3.05) is 7.05 Å². The van der Waals surface area contributed by atoms with Gasteiger partial charge in [0.05, 0.1) is 12.5 Å². The van der Waals surface area contributed by atoms with Crippen LogP contribution in [0, 0.1) is 11.6 Å². The first-order valence-corrected chi connectivity index (χ1v) is 7.86. The standard InChI is InChI=1S/C17H18F5N3O2/c1-10(11-4-5-12(18)13(19)8-11)25(3)14(26)9-16(27,17(20,21)22)15-23-6-7-24(15)2/h4-8,10,27H,9H2,1-3H3. The van der Waals surface area contributed by atoms with Crippen molar-refractivity contribution in [3.8, 4) is 0 Å². The number of aromatic nitrogens is 2. The Morgan fingerprint density at radius 3 is 2.41 bits per heavy atom. The monoisotopic (exact) mass is 391 g/mol. The fourth-order valence-electron chi connectivity index (χ4n) is 2.63. The van der Waals surface area contributed by atoms with E-state index in [4.69, 9.17) is 0 Å². The zero-order valence-electron chi connectivity index (χ0n) is 14.8. The van der Waals surface area contributed by atoms with Crippen molar-refractivity contribution in [2.45, 2.75) is 31.2 Å². The van der Waals surface area contributed by atoms with E-state index < -0.39 is 47.6 Å². The topological polar surface area (TPSA) is 58.4 Å².